The molecule has 0 atom stereocenters. The molecule has 0 aliphatic heterocycles. The van der Waals surface area contributed by atoms with Crippen molar-refractivity contribution in [3.63, 3.8) is 0 Å². The second kappa shape index (κ2) is 4.01. The molecule has 0 unspecified atom stereocenters. The molecular formula is C18H13N. The molecule has 0 spiro atoms. The lowest BCUT2D eigenvalue weighted by molar-refractivity contribution is 1.08. The fourth-order valence-electron chi connectivity index (χ4n) is 2.85. The standard InChI is InChI=1S/C18H13N/c1-2-8-14(9-3-1)19-17-12-6-4-10-15(17)16-11-5-7-13-18(16)19/h1-6,8-10,12-13H,11H2. The van der Waals surface area contributed by atoms with Crippen molar-refractivity contribution in [1.82, 2.24) is 4.57 Å². The quantitative estimate of drug-likeness (QED) is 0.560. The summed E-state index contributed by atoms with van der Waals surface area (Å²) < 4.78 is 2.32. The summed E-state index contributed by atoms with van der Waals surface area (Å²) in [6.07, 6.45) is 5.15. The van der Waals surface area contributed by atoms with E-state index in [0.717, 1.165) is 6.42 Å². The third-order valence-corrected chi connectivity index (χ3v) is 3.68. The van der Waals surface area contributed by atoms with E-state index in [0.29, 0.717) is 0 Å². The van der Waals surface area contributed by atoms with E-state index in [1.165, 1.54) is 27.8 Å². The SMILES string of the molecule is C1=CCc2c(n(-c3ccccc3)c3ccccc23)C=1. The second-order valence-electron chi connectivity index (χ2n) is 4.77. The monoisotopic (exact) mass is 243 g/mol. The predicted molar refractivity (Wildman–Crippen MR) is 79.5 cm³/mol. The number of fused-ring (bicyclic) bond motifs is 3. The summed E-state index contributed by atoms with van der Waals surface area (Å²) in [6, 6.07) is 19.1. The van der Waals surface area contributed by atoms with Crippen LogP contribution in [0.5, 0.6) is 0 Å². The van der Waals surface area contributed by atoms with E-state index < -0.39 is 0 Å². The Morgan fingerprint density at radius 2 is 1.68 bits per heavy atom. The molecule has 1 nitrogen and oxygen atoms in total. The maximum absolute atomic E-state index is 3.24. The predicted octanol–water partition coefficient (Wildman–Crippen LogP) is 4.35. The average molecular weight is 243 g/mol. The molecule has 0 saturated carbocycles. The summed E-state index contributed by atoms with van der Waals surface area (Å²) in [5.74, 6) is 0. The lowest BCUT2D eigenvalue weighted by atomic mass is 10.0. The molecule has 0 N–H and O–H groups in total. The zero-order chi connectivity index (χ0) is 12.7. The van der Waals surface area contributed by atoms with Gasteiger partial charge in [0.1, 0.15) is 0 Å². The fourth-order valence-corrected chi connectivity index (χ4v) is 2.85. The molecule has 1 aromatic heterocycles. The van der Waals surface area contributed by atoms with Gasteiger partial charge in [-0.1, -0.05) is 36.4 Å². The zero-order valence-corrected chi connectivity index (χ0v) is 10.5. The van der Waals surface area contributed by atoms with E-state index >= 15 is 0 Å². The third kappa shape index (κ3) is 1.49. The molecule has 90 valence electrons. The number of allylic oxidation sites excluding steroid dienone is 1. The first-order chi connectivity index (χ1) is 9.45. The zero-order valence-electron chi connectivity index (χ0n) is 10.5. The molecule has 1 aliphatic carbocycles. The molecule has 1 aliphatic rings. The number of benzene rings is 2. The maximum Gasteiger partial charge on any atom is 0.0580 e. The van der Waals surface area contributed by atoms with Gasteiger partial charge in [-0.05, 0) is 29.8 Å². The van der Waals surface area contributed by atoms with E-state index in [4.69, 9.17) is 0 Å². The lowest BCUT2D eigenvalue weighted by Crippen LogP contribution is -1.98. The van der Waals surface area contributed by atoms with Crippen molar-refractivity contribution in [3.8, 4) is 5.69 Å². The Labute approximate surface area is 112 Å². The Balaban J connectivity index is 2.15. The number of aromatic nitrogens is 1. The van der Waals surface area contributed by atoms with Crippen molar-refractivity contribution in [1.29, 1.82) is 0 Å². The van der Waals surface area contributed by atoms with Crippen molar-refractivity contribution in [3.05, 3.63) is 77.7 Å². The minimum absolute atomic E-state index is 0.964. The van der Waals surface area contributed by atoms with E-state index in [1.807, 2.05) is 0 Å². The molecule has 3 aromatic rings. The van der Waals surface area contributed by atoms with Gasteiger partial charge >= 0.3 is 0 Å². The van der Waals surface area contributed by atoms with Crippen LogP contribution in [0.15, 0.2) is 66.4 Å². The lowest BCUT2D eigenvalue weighted by Gasteiger charge is -2.09. The normalized spacial score (nSPS) is 12.8. The van der Waals surface area contributed by atoms with Gasteiger partial charge in [-0.2, -0.15) is 0 Å². The van der Waals surface area contributed by atoms with Gasteiger partial charge in [0.15, 0.2) is 0 Å². The van der Waals surface area contributed by atoms with Crippen LogP contribution in [0.3, 0.4) is 0 Å². The van der Waals surface area contributed by atoms with Crippen LogP contribution in [0.25, 0.3) is 22.7 Å². The van der Waals surface area contributed by atoms with Crippen molar-refractivity contribution < 1.29 is 0 Å². The highest BCUT2D eigenvalue weighted by Crippen LogP contribution is 2.32. The smallest absolute Gasteiger partial charge is 0.0580 e. The fraction of sp³-hybridized carbons (Fsp3) is 0.0556. The first-order valence-electron chi connectivity index (χ1n) is 6.54. The molecule has 2 aromatic carbocycles. The molecule has 1 heteroatoms. The van der Waals surface area contributed by atoms with Gasteiger partial charge in [0.05, 0.1) is 11.2 Å². The largest absolute Gasteiger partial charge is 0.309 e. The highest BCUT2D eigenvalue weighted by molar-refractivity contribution is 5.90. The molecule has 1 heterocycles. The van der Waals surface area contributed by atoms with Gasteiger partial charge in [-0.3, -0.25) is 0 Å². The summed E-state index contributed by atoms with van der Waals surface area (Å²) >= 11 is 0. The van der Waals surface area contributed by atoms with Crippen molar-refractivity contribution in [2.45, 2.75) is 6.42 Å². The molecule has 19 heavy (non-hydrogen) atoms. The molecular weight excluding hydrogens is 230 g/mol. The Bertz CT molecular complexity index is 816. The first-order valence-corrected chi connectivity index (χ1v) is 6.54. The van der Waals surface area contributed by atoms with Gasteiger partial charge < -0.3 is 4.57 Å². The van der Waals surface area contributed by atoms with E-state index in [9.17, 15) is 0 Å². The number of rotatable bonds is 1. The third-order valence-electron chi connectivity index (χ3n) is 3.68. The van der Waals surface area contributed by atoms with Gasteiger partial charge in [-0.15, -0.1) is 5.73 Å². The van der Waals surface area contributed by atoms with Crippen LogP contribution in [0.1, 0.15) is 11.3 Å². The summed E-state index contributed by atoms with van der Waals surface area (Å²) in [5, 5.41) is 1.34. The van der Waals surface area contributed by atoms with E-state index in [-0.39, 0.29) is 0 Å². The molecule has 0 bridgehead atoms. The molecule has 0 amide bonds. The topological polar surface area (TPSA) is 4.93 Å². The summed E-state index contributed by atoms with van der Waals surface area (Å²) in [6.45, 7) is 0. The van der Waals surface area contributed by atoms with Crippen LogP contribution < -0.4 is 0 Å². The Morgan fingerprint density at radius 3 is 2.58 bits per heavy atom. The summed E-state index contributed by atoms with van der Waals surface area (Å²) in [7, 11) is 0. The van der Waals surface area contributed by atoms with E-state index in [1.54, 1.807) is 0 Å². The minimum Gasteiger partial charge on any atom is -0.309 e. The Kier molecular flexibility index (Phi) is 2.20. The second-order valence-corrected chi connectivity index (χ2v) is 4.77. The van der Waals surface area contributed by atoms with Gasteiger partial charge in [0.2, 0.25) is 0 Å². The molecule has 4 rings (SSSR count). The Hall–Kier alpha value is -2.50. The average Bonchev–Trinajstić information content (AvgIpc) is 2.83. The highest BCUT2D eigenvalue weighted by Gasteiger charge is 2.16. The van der Waals surface area contributed by atoms with Crippen LogP contribution in [0, 0.1) is 0 Å². The summed E-state index contributed by atoms with van der Waals surface area (Å²) in [5.41, 5.74) is 8.38. The minimum atomic E-state index is 0.964. The van der Waals surface area contributed by atoms with Crippen molar-refractivity contribution in [2.75, 3.05) is 0 Å². The van der Waals surface area contributed by atoms with E-state index in [2.05, 4.69) is 77.0 Å². The van der Waals surface area contributed by atoms with Gasteiger partial charge in [0.25, 0.3) is 0 Å². The van der Waals surface area contributed by atoms with Crippen LogP contribution in [-0.4, -0.2) is 4.57 Å². The number of hydrogen-bond donors (Lipinski definition) is 0. The van der Waals surface area contributed by atoms with Crippen molar-refractivity contribution in [2.24, 2.45) is 0 Å². The van der Waals surface area contributed by atoms with Crippen molar-refractivity contribution >= 4 is 17.0 Å². The van der Waals surface area contributed by atoms with Crippen LogP contribution in [0.4, 0.5) is 0 Å². The van der Waals surface area contributed by atoms with Crippen LogP contribution in [0.2, 0.25) is 0 Å². The summed E-state index contributed by atoms with van der Waals surface area (Å²) in [4.78, 5) is 0. The highest BCUT2D eigenvalue weighted by atomic mass is 15.0. The first kappa shape index (κ1) is 10.4. The molecule has 0 radical (unpaired) electrons. The van der Waals surface area contributed by atoms with Gasteiger partial charge in [0, 0.05) is 23.6 Å². The number of nitrogens with zero attached hydrogens (tertiary/aromatic N) is 1. The molecule has 0 fully saturated rings. The number of para-hydroxylation sites is 2. The van der Waals surface area contributed by atoms with Crippen LogP contribution >= 0.6 is 0 Å². The molecule has 0 saturated heterocycles. The Morgan fingerprint density at radius 1 is 0.895 bits per heavy atom. The van der Waals surface area contributed by atoms with Gasteiger partial charge in [-0.25, -0.2) is 0 Å². The van der Waals surface area contributed by atoms with Crippen LogP contribution in [-0.2, 0) is 6.42 Å². The maximum atomic E-state index is 3.24. The number of hydrogen-bond acceptors (Lipinski definition) is 0.